The van der Waals surface area contributed by atoms with Crippen LogP contribution in [0.3, 0.4) is 0 Å². The first-order valence-electron chi connectivity index (χ1n) is 14.4. The number of carbonyl (C=O) groups excluding carboxylic acids is 2. The predicted molar refractivity (Wildman–Crippen MR) is 155 cm³/mol. The Kier molecular flexibility index (Phi) is 7.09. The number of fused-ring (bicyclic) bond motifs is 5. The molecule has 0 aliphatic heterocycles. The van der Waals surface area contributed by atoms with Crippen molar-refractivity contribution in [2.45, 2.75) is 124 Å². The smallest absolute Gasteiger partial charge is 0.302 e. The Balaban J connectivity index is 1.83. The zero-order chi connectivity index (χ0) is 28.6. The van der Waals surface area contributed by atoms with Crippen LogP contribution in [-0.4, -0.2) is 39.9 Å². The van der Waals surface area contributed by atoms with Gasteiger partial charge in [-0.05, 0) is 96.2 Å². The van der Waals surface area contributed by atoms with Crippen LogP contribution in [0.15, 0.2) is 6.07 Å². The number of esters is 1. The molecule has 3 aliphatic rings. The molecule has 4 rings (SSSR count). The van der Waals surface area contributed by atoms with Gasteiger partial charge < -0.3 is 13.9 Å². The second-order valence-electron chi connectivity index (χ2n) is 14.9. The molecule has 38 heavy (non-hydrogen) atoms. The van der Waals surface area contributed by atoms with E-state index in [1.165, 1.54) is 18.1 Å². The Morgan fingerprint density at radius 2 is 1.74 bits per heavy atom. The average molecular weight is 543 g/mol. The molecule has 0 spiro atoms. The number of carbonyl (C=O) groups is 2. The Hall–Kier alpha value is -1.66. The summed E-state index contributed by atoms with van der Waals surface area (Å²) in [4.78, 5) is 24.5. The van der Waals surface area contributed by atoms with Crippen LogP contribution in [0.5, 0.6) is 5.75 Å². The van der Waals surface area contributed by atoms with Gasteiger partial charge in [0.05, 0.1) is 18.8 Å². The minimum Gasteiger partial charge on any atom is -0.496 e. The fourth-order valence-corrected chi connectivity index (χ4v) is 9.94. The van der Waals surface area contributed by atoms with Crippen LogP contribution in [0, 0.1) is 29.6 Å². The molecule has 1 aromatic carbocycles. The minimum absolute atomic E-state index is 0.0439. The van der Waals surface area contributed by atoms with Gasteiger partial charge in [-0.3, -0.25) is 9.59 Å². The van der Waals surface area contributed by atoms with Gasteiger partial charge in [0, 0.05) is 12.3 Å². The molecule has 5 nitrogen and oxygen atoms in total. The van der Waals surface area contributed by atoms with Crippen molar-refractivity contribution in [2.75, 3.05) is 7.11 Å². The van der Waals surface area contributed by atoms with Gasteiger partial charge in [-0.25, -0.2) is 0 Å². The lowest BCUT2D eigenvalue weighted by Gasteiger charge is -2.65. The summed E-state index contributed by atoms with van der Waals surface area (Å²) in [6, 6.07) is 2.06. The summed E-state index contributed by atoms with van der Waals surface area (Å²) in [5.41, 5.74) is 3.67. The van der Waals surface area contributed by atoms with Crippen LogP contribution < -0.4 is 4.74 Å². The van der Waals surface area contributed by atoms with Crippen molar-refractivity contribution < 1.29 is 23.5 Å². The minimum atomic E-state index is -1.96. The summed E-state index contributed by atoms with van der Waals surface area (Å²) < 4.78 is 19.0. The molecule has 212 valence electrons. The molecule has 0 aromatic heterocycles. The van der Waals surface area contributed by atoms with Gasteiger partial charge in [0.1, 0.15) is 11.9 Å². The summed E-state index contributed by atoms with van der Waals surface area (Å²) >= 11 is 0. The first-order valence-corrected chi connectivity index (χ1v) is 17.3. The third kappa shape index (κ3) is 4.11. The van der Waals surface area contributed by atoms with Crippen molar-refractivity contribution >= 4 is 20.6 Å². The lowest BCUT2D eigenvalue weighted by molar-refractivity contribution is -0.194. The van der Waals surface area contributed by atoms with E-state index < -0.39 is 8.32 Å². The van der Waals surface area contributed by atoms with E-state index in [2.05, 4.69) is 67.6 Å². The van der Waals surface area contributed by atoms with Crippen molar-refractivity contribution in [3.8, 4) is 5.75 Å². The molecule has 0 radical (unpaired) electrons. The SMILES string of the molecule is COc1cc2c(c(C)c1C=O)C[C@@H]1[C@@]3(C)CC[C@H](O[Si](C)(C)C(C)(C)C)C(C)(C)[C@@H]3C[C@H](OC(C)=O)[C@@]21C. The molecule has 2 fully saturated rings. The number of hydrogen-bond donors (Lipinski definition) is 0. The highest BCUT2D eigenvalue weighted by Gasteiger charge is 2.67. The fraction of sp³-hybridized carbons (Fsp3) is 0.750. The lowest BCUT2D eigenvalue weighted by Crippen LogP contribution is -2.65. The highest BCUT2D eigenvalue weighted by atomic mass is 28.4. The topological polar surface area (TPSA) is 61.8 Å². The van der Waals surface area contributed by atoms with E-state index in [9.17, 15) is 9.59 Å². The van der Waals surface area contributed by atoms with E-state index >= 15 is 0 Å². The van der Waals surface area contributed by atoms with Crippen LogP contribution in [0.1, 0.15) is 102 Å². The molecule has 0 heterocycles. The second-order valence-corrected chi connectivity index (χ2v) is 19.7. The number of benzene rings is 1. The molecule has 0 N–H and O–H groups in total. The number of ether oxygens (including phenoxy) is 2. The highest BCUT2D eigenvalue weighted by Crippen LogP contribution is 2.69. The van der Waals surface area contributed by atoms with E-state index in [4.69, 9.17) is 13.9 Å². The molecule has 0 amide bonds. The average Bonchev–Trinajstić information content (AvgIpc) is 3.11. The van der Waals surface area contributed by atoms with Crippen LogP contribution in [0.2, 0.25) is 18.1 Å². The normalized spacial score (nSPS) is 34.1. The second kappa shape index (κ2) is 9.19. The largest absolute Gasteiger partial charge is 0.496 e. The van der Waals surface area contributed by atoms with E-state index in [-0.39, 0.29) is 45.4 Å². The molecule has 0 bridgehead atoms. The number of methoxy groups -OCH3 is 1. The van der Waals surface area contributed by atoms with Gasteiger partial charge >= 0.3 is 5.97 Å². The van der Waals surface area contributed by atoms with Crippen LogP contribution in [0.25, 0.3) is 0 Å². The maximum atomic E-state index is 12.5. The molecule has 0 saturated heterocycles. The maximum absolute atomic E-state index is 12.5. The monoisotopic (exact) mass is 542 g/mol. The number of rotatable bonds is 5. The Bertz CT molecular complexity index is 1130. The van der Waals surface area contributed by atoms with Gasteiger partial charge in [-0.1, -0.05) is 48.5 Å². The predicted octanol–water partition coefficient (Wildman–Crippen LogP) is 7.41. The van der Waals surface area contributed by atoms with Gasteiger partial charge in [0.15, 0.2) is 14.6 Å². The molecule has 6 atom stereocenters. The van der Waals surface area contributed by atoms with Crippen molar-refractivity contribution in [3.05, 3.63) is 28.3 Å². The summed E-state index contributed by atoms with van der Waals surface area (Å²) in [7, 11) is -0.337. The van der Waals surface area contributed by atoms with Crippen LogP contribution >= 0.6 is 0 Å². The molecule has 3 aliphatic carbocycles. The van der Waals surface area contributed by atoms with E-state index in [1.807, 2.05) is 6.92 Å². The van der Waals surface area contributed by atoms with Crippen molar-refractivity contribution in [1.82, 2.24) is 0 Å². The Morgan fingerprint density at radius 1 is 1.11 bits per heavy atom. The molecule has 1 aromatic rings. The van der Waals surface area contributed by atoms with E-state index in [1.54, 1.807) is 7.11 Å². The third-order valence-corrected chi connectivity index (χ3v) is 16.2. The molecule has 6 heteroatoms. The Morgan fingerprint density at radius 3 is 2.26 bits per heavy atom. The van der Waals surface area contributed by atoms with Gasteiger partial charge in [0.25, 0.3) is 0 Å². The molecular weight excluding hydrogens is 492 g/mol. The lowest BCUT2D eigenvalue weighted by atomic mass is 9.42. The summed E-state index contributed by atoms with van der Waals surface area (Å²) in [6.07, 6.45) is 4.66. The van der Waals surface area contributed by atoms with Crippen molar-refractivity contribution in [1.29, 1.82) is 0 Å². The van der Waals surface area contributed by atoms with Gasteiger partial charge in [-0.15, -0.1) is 0 Å². The standard InChI is InChI=1S/C32H50O5Si/c1-19-21-15-26-31(8)14-13-27(37-38(11,12)29(3,4)5)30(6,7)25(31)17-28(36-20(2)34)32(26,9)23(21)16-24(35-10)22(19)18-33/h16,18,25-28H,13-15,17H2,1-12H3/t25-,26+,27-,28-,31-,32-/m0/s1. The molecular formula is C32H50O5Si. The summed E-state index contributed by atoms with van der Waals surface area (Å²) in [5.74, 6) is 0.996. The molecule has 0 unspecified atom stereocenters. The first-order chi connectivity index (χ1) is 17.4. The summed E-state index contributed by atoms with van der Waals surface area (Å²) in [5, 5.41) is 0.148. The Labute approximate surface area is 231 Å². The van der Waals surface area contributed by atoms with Gasteiger partial charge in [-0.2, -0.15) is 0 Å². The van der Waals surface area contributed by atoms with Gasteiger partial charge in [0.2, 0.25) is 0 Å². The number of aldehydes is 1. The quantitative estimate of drug-likeness (QED) is 0.220. The third-order valence-electron chi connectivity index (χ3n) is 11.7. The molecule has 2 saturated carbocycles. The number of hydrogen-bond acceptors (Lipinski definition) is 5. The van der Waals surface area contributed by atoms with Crippen LogP contribution in [-0.2, 0) is 25.8 Å². The highest BCUT2D eigenvalue weighted by molar-refractivity contribution is 6.74. The van der Waals surface area contributed by atoms with Crippen molar-refractivity contribution in [3.63, 3.8) is 0 Å². The van der Waals surface area contributed by atoms with Crippen molar-refractivity contribution in [2.24, 2.45) is 22.7 Å². The van der Waals surface area contributed by atoms with Crippen LogP contribution in [0.4, 0.5) is 0 Å². The zero-order valence-corrected chi connectivity index (χ0v) is 26.8. The maximum Gasteiger partial charge on any atom is 0.302 e. The zero-order valence-electron chi connectivity index (χ0n) is 25.8. The summed E-state index contributed by atoms with van der Waals surface area (Å²) in [6.45, 7) is 24.8. The van der Waals surface area contributed by atoms with E-state index in [0.717, 1.165) is 37.5 Å². The van der Waals surface area contributed by atoms with E-state index in [0.29, 0.717) is 17.2 Å². The first kappa shape index (κ1) is 29.3. The fourth-order valence-electron chi connectivity index (χ4n) is 8.45.